The van der Waals surface area contributed by atoms with Crippen LogP contribution < -0.4 is 10.2 Å². The molecule has 1 aromatic heterocycles. The van der Waals surface area contributed by atoms with Gasteiger partial charge in [-0.2, -0.15) is 5.10 Å². The highest BCUT2D eigenvalue weighted by molar-refractivity contribution is 5.81. The molecular formula is C19H16N2O3. The molecule has 5 heteroatoms. The second kappa shape index (κ2) is 7.78. The highest BCUT2D eigenvalue weighted by Crippen LogP contribution is 2.29. The van der Waals surface area contributed by atoms with Crippen LogP contribution in [0.5, 0.6) is 5.75 Å². The lowest BCUT2D eigenvalue weighted by molar-refractivity contribution is -0.123. The fourth-order valence-electron chi connectivity index (χ4n) is 2.16. The zero-order valence-corrected chi connectivity index (χ0v) is 12.9. The summed E-state index contributed by atoms with van der Waals surface area (Å²) in [4.78, 5) is 11.8. The van der Waals surface area contributed by atoms with Crippen molar-refractivity contribution in [3.05, 3.63) is 78.8 Å². The summed E-state index contributed by atoms with van der Waals surface area (Å²) in [5.41, 5.74) is 4.36. The van der Waals surface area contributed by atoms with Gasteiger partial charge in [0.25, 0.3) is 5.91 Å². The fraction of sp³-hybridized carbons (Fsp3) is 0.0526. The van der Waals surface area contributed by atoms with Crippen molar-refractivity contribution < 1.29 is 13.9 Å². The average molecular weight is 320 g/mol. The number of hydrogen-bond donors (Lipinski definition) is 1. The van der Waals surface area contributed by atoms with E-state index in [1.54, 1.807) is 12.1 Å². The first-order valence-corrected chi connectivity index (χ1v) is 7.45. The first kappa shape index (κ1) is 15.6. The van der Waals surface area contributed by atoms with Crippen LogP contribution in [0.15, 0.2) is 82.5 Å². The average Bonchev–Trinajstić information content (AvgIpc) is 3.14. The van der Waals surface area contributed by atoms with Crippen molar-refractivity contribution in [1.82, 2.24) is 5.43 Å². The molecule has 0 unspecified atom stereocenters. The third-order valence-electron chi connectivity index (χ3n) is 3.25. The number of benzene rings is 2. The van der Waals surface area contributed by atoms with Gasteiger partial charge in [0.1, 0.15) is 11.5 Å². The van der Waals surface area contributed by atoms with Crippen LogP contribution in [0.25, 0.3) is 11.1 Å². The highest BCUT2D eigenvalue weighted by Gasteiger charge is 2.07. The summed E-state index contributed by atoms with van der Waals surface area (Å²) in [6.07, 6.45) is 2.96. The molecule has 5 nitrogen and oxygen atoms in total. The van der Waals surface area contributed by atoms with E-state index in [1.807, 2.05) is 54.6 Å². The molecule has 0 aliphatic rings. The van der Waals surface area contributed by atoms with Crippen molar-refractivity contribution in [2.24, 2.45) is 5.10 Å². The molecule has 0 fully saturated rings. The van der Waals surface area contributed by atoms with Crippen LogP contribution in [0.4, 0.5) is 0 Å². The van der Waals surface area contributed by atoms with Gasteiger partial charge >= 0.3 is 0 Å². The van der Waals surface area contributed by atoms with Gasteiger partial charge in [-0.3, -0.25) is 4.79 Å². The van der Waals surface area contributed by atoms with Crippen LogP contribution in [0, 0.1) is 0 Å². The summed E-state index contributed by atoms with van der Waals surface area (Å²) < 4.78 is 10.7. The minimum absolute atomic E-state index is 0.126. The van der Waals surface area contributed by atoms with E-state index in [0.29, 0.717) is 11.5 Å². The molecule has 0 saturated carbocycles. The number of para-hydroxylation sites is 1. The molecule has 3 rings (SSSR count). The highest BCUT2D eigenvalue weighted by atomic mass is 16.5. The second-order valence-electron chi connectivity index (χ2n) is 4.96. The first-order valence-electron chi connectivity index (χ1n) is 7.45. The van der Waals surface area contributed by atoms with Crippen molar-refractivity contribution in [1.29, 1.82) is 0 Å². The Hall–Kier alpha value is -3.34. The van der Waals surface area contributed by atoms with E-state index in [9.17, 15) is 4.79 Å². The largest absolute Gasteiger partial charge is 0.483 e. The molecule has 0 saturated heterocycles. The number of ether oxygens (including phenoxy) is 1. The zero-order chi connectivity index (χ0) is 16.6. The van der Waals surface area contributed by atoms with Crippen LogP contribution in [0.3, 0.4) is 0 Å². The predicted octanol–water partition coefficient (Wildman–Crippen LogP) is 3.48. The summed E-state index contributed by atoms with van der Waals surface area (Å²) in [6, 6.07) is 20.9. The number of furan rings is 1. The number of nitrogens with one attached hydrogen (secondary N) is 1. The van der Waals surface area contributed by atoms with E-state index < -0.39 is 0 Å². The Morgan fingerprint density at radius 1 is 1.04 bits per heavy atom. The molecule has 24 heavy (non-hydrogen) atoms. The summed E-state index contributed by atoms with van der Waals surface area (Å²) in [6.45, 7) is -0.126. The van der Waals surface area contributed by atoms with Gasteiger partial charge in [0.05, 0.1) is 12.5 Å². The van der Waals surface area contributed by atoms with Gasteiger partial charge in [0, 0.05) is 5.56 Å². The molecule has 0 radical (unpaired) electrons. The molecule has 0 aliphatic heterocycles. The zero-order valence-electron chi connectivity index (χ0n) is 12.9. The fourth-order valence-corrected chi connectivity index (χ4v) is 2.16. The number of hydrogen-bond acceptors (Lipinski definition) is 4. The Labute approximate surface area is 139 Å². The Kier molecular flexibility index (Phi) is 5.04. The maximum atomic E-state index is 11.8. The normalized spacial score (nSPS) is 10.7. The van der Waals surface area contributed by atoms with Gasteiger partial charge in [-0.25, -0.2) is 5.43 Å². The van der Waals surface area contributed by atoms with E-state index >= 15 is 0 Å². The van der Waals surface area contributed by atoms with E-state index in [2.05, 4.69) is 10.5 Å². The van der Waals surface area contributed by atoms with Crippen molar-refractivity contribution >= 4 is 12.1 Å². The van der Waals surface area contributed by atoms with E-state index in [0.717, 1.165) is 11.1 Å². The second-order valence-corrected chi connectivity index (χ2v) is 4.96. The monoisotopic (exact) mass is 320 g/mol. The van der Waals surface area contributed by atoms with E-state index in [-0.39, 0.29) is 12.5 Å². The molecule has 0 aliphatic carbocycles. The summed E-state index contributed by atoms with van der Waals surface area (Å²) in [5, 5.41) is 3.81. The number of carbonyl (C=O) groups excluding carboxylic acids is 1. The minimum Gasteiger partial charge on any atom is -0.483 e. The lowest BCUT2D eigenvalue weighted by atomic mass is 10.1. The first-order chi connectivity index (χ1) is 11.8. The Morgan fingerprint density at radius 2 is 1.83 bits per heavy atom. The smallest absolute Gasteiger partial charge is 0.277 e. The van der Waals surface area contributed by atoms with Gasteiger partial charge < -0.3 is 9.15 Å². The van der Waals surface area contributed by atoms with Crippen LogP contribution in [0.1, 0.15) is 5.76 Å². The van der Waals surface area contributed by atoms with Crippen molar-refractivity contribution in [2.75, 3.05) is 6.61 Å². The summed E-state index contributed by atoms with van der Waals surface area (Å²) in [7, 11) is 0. The molecule has 2 aromatic carbocycles. The number of carbonyl (C=O) groups is 1. The standard InChI is InChI=1S/C19H16N2O3/c22-19(21-20-13-16-9-6-12-23-16)14-24-18-11-5-4-10-17(18)15-7-2-1-3-8-15/h1-13H,14H2,(H,21,22)/b20-13-. The van der Waals surface area contributed by atoms with Gasteiger partial charge in [-0.05, 0) is 23.8 Å². The Bertz CT molecular complexity index is 812. The van der Waals surface area contributed by atoms with Crippen molar-refractivity contribution in [3.8, 4) is 16.9 Å². The third-order valence-corrected chi connectivity index (χ3v) is 3.25. The molecule has 0 atom stereocenters. The van der Waals surface area contributed by atoms with Crippen molar-refractivity contribution in [2.45, 2.75) is 0 Å². The maximum absolute atomic E-state index is 11.8. The van der Waals surface area contributed by atoms with Gasteiger partial charge in [-0.1, -0.05) is 48.5 Å². The van der Waals surface area contributed by atoms with Crippen LogP contribution >= 0.6 is 0 Å². The lowest BCUT2D eigenvalue weighted by Crippen LogP contribution is -2.24. The molecule has 0 spiro atoms. The minimum atomic E-state index is -0.347. The molecule has 1 N–H and O–H groups in total. The van der Waals surface area contributed by atoms with Crippen molar-refractivity contribution in [3.63, 3.8) is 0 Å². The maximum Gasteiger partial charge on any atom is 0.277 e. The van der Waals surface area contributed by atoms with Gasteiger partial charge in [-0.15, -0.1) is 0 Å². The Morgan fingerprint density at radius 3 is 2.62 bits per heavy atom. The molecular weight excluding hydrogens is 304 g/mol. The van der Waals surface area contributed by atoms with Gasteiger partial charge in [0.2, 0.25) is 0 Å². The Balaban J connectivity index is 1.60. The lowest BCUT2D eigenvalue weighted by Gasteiger charge is -2.10. The van der Waals surface area contributed by atoms with Crippen LogP contribution in [-0.2, 0) is 4.79 Å². The molecule has 120 valence electrons. The number of amides is 1. The summed E-state index contributed by atoms with van der Waals surface area (Å²) in [5.74, 6) is 0.861. The number of rotatable bonds is 6. The molecule has 1 amide bonds. The van der Waals surface area contributed by atoms with E-state index in [4.69, 9.17) is 9.15 Å². The number of hydrazone groups is 1. The molecule has 1 heterocycles. The van der Waals surface area contributed by atoms with Crippen LogP contribution in [0.2, 0.25) is 0 Å². The van der Waals surface area contributed by atoms with Crippen LogP contribution in [-0.4, -0.2) is 18.7 Å². The summed E-state index contributed by atoms with van der Waals surface area (Å²) >= 11 is 0. The molecule has 0 bridgehead atoms. The van der Waals surface area contributed by atoms with Gasteiger partial charge in [0.15, 0.2) is 6.61 Å². The topological polar surface area (TPSA) is 63.8 Å². The van der Waals surface area contributed by atoms with E-state index in [1.165, 1.54) is 12.5 Å². The number of nitrogens with zero attached hydrogens (tertiary/aromatic N) is 1. The predicted molar refractivity (Wildman–Crippen MR) is 91.8 cm³/mol. The molecule has 3 aromatic rings. The SMILES string of the molecule is O=C(COc1ccccc1-c1ccccc1)N/N=C\c1ccco1. The third kappa shape index (κ3) is 4.10. The quantitative estimate of drug-likeness (QED) is 0.559.